The largest absolute Gasteiger partial charge is 0.334 e. The van der Waals surface area contributed by atoms with Gasteiger partial charge in [-0.1, -0.05) is 6.07 Å². The molecule has 0 saturated heterocycles. The van der Waals surface area contributed by atoms with Crippen LogP contribution in [0.1, 0.15) is 37.8 Å². The topological polar surface area (TPSA) is 28.5 Å². The molecule has 0 unspecified atom stereocenters. The molecule has 4 rings (SSSR count). The zero-order chi connectivity index (χ0) is 18.3. The van der Waals surface area contributed by atoms with Crippen molar-refractivity contribution in [3.05, 3.63) is 58.0 Å². The maximum Gasteiger partial charge on any atom is 0.274 e. The summed E-state index contributed by atoms with van der Waals surface area (Å²) in [6.45, 7) is 7.75. The van der Waals surface area contributed by atoms with Gasteiger partial charge in [-0.25, -0.2) is 0 Å². The lowest BCUT2D eigenvalue weighted by Crippen LogP contribution is -2.34. The fourth-order valence-corrected chi connectivity index (χ4v) is 4.05. The van der Waals surface area contributed by atoms with Crippen molar-refractivity contribution in [1.29, 1.82) is 0 Å². The summed E-state index contributed by atoms with van der Waals surface area (Å²) in [4.78, 5) is 17.4. The molecule has 1 aliphatic carbocycles. The van der Waals surface area contributed by atoms with Crippen molar-refractivity contribution in [3.63, 3.8) is 0 Å². The second-order valence-electron chi connectivity index (χ2n) is 8.15. The molecule has 2 heterocycles. The number of aromatic nitrogens is 1. The van der Waals surface area contributed by atoms with E-state index in [-0.39, 0.29) is 11.6 Å². The third-order valence-electron chi connectivity index (χ3n) is 5.65. The lowest BCUT2D eigenvalue weighted by atomic mass is 9.98. The zero-order valence-electron chi connectivity index (χ0n) is 16.1. The summed E-state index contributed by atoms with van der Waals surface area (Å²) >= 11 is 0. The monoisotopic (exact) mass is 351 g/mol. The maximum atomic E-state index is 12.7. The van der Waals surface area contributed by atoms with E-state index >= 15 is 0 Å². The minimum absolute atomic E-state index is 0.0503. The molecule has 1 saturated carbocycles. The fraction of sp³-hybridized carbons (Fsp3) is 0.500. The zero-order valence-corrected chi connectivity index (χ0v) is 16.1. The fourth-order valence-electron chi connectivity index (χ4n) is 4.05. The molecule has 2 aromatic rings. The minimum Gasteiger partial charge on any atom is -0.334 e. The van der Waals surface area contributed by atoms with Gasteiger partial charge >= 0.3 is 0 Å². The Hall–Kier alpha value is -2.07. The van der Waals surface area contributed by atoms with E-state index in [0.717, 1.165) is 30.3 Å². The van der Waals surface area contributed by atoms with Gasteiger partial charge in [0.05, 0.1) is 0 Å². The Bertz CT molecular complexity index is 851. The number of pyridine rings is 1. The average molecular weight is 351 g/mol. The Morgan fingerprint density at radius 3 is 2.73 bits per heavy atom. The smallest absolute Gasteiger partial charge is 0.274 e. The van der Waals surface area contributed by atoms with Crippen LogP contribution in [0.15, 0.2) is 41.3 Å². The van der Waals surface area contributed by atoms with Crippen LogP contribution in [0.3, 0.4) is 0 Å². The number of hydrogen-bond donors (Lipinski definition) is 0. The standard InChI is InChI=1S/C22H29N3O/c1-16(2)25(21-5-4-11-23(3)22(21)26)20-9-8-18-10-12-24(14-17-6-7-17)15-19(18)13-20/h4-5,8-9,11,13,16-17H,6-7,10,12,14-15H2,1-3H3. The number of nitrogens with zero attached hydrogens (tertiary/aromatic N) is 3. The van der Waals surface area contributed by atoms with Crippen molar-refractivity contribution in [2.45, 2.75) is 45.7 Å². The molecule has 0 bridgehead atoms. The van der Waals surface area contributed by atoms with Gasteiger partial charge in [0, 0.05) is 44.6 Å². The van der Waals surface area contributed by atoms with Gasteiger partial charge in [0.15, 0.2) is 0 Å². The number of benzene rings is 1. The molecule has 2 aliphatic rings. The summed E-state index contributed by atoms with van der Waals surface area (Å²) in [5.74, 6) is 0.930. The summed E-state index contributed by atoms with van der Waals surface area (Å²) in [7, 11) is 1.81. The van der Waals surface area contributed by atoms with Crippen molar-refractivity contribution < 1.29 is 0 Å². The molecule has 26 heavy (non-hydrogen) atoms. The van der Waals surface area contributed by atoms with Crippen LogP contribution >= 0.6 is 0 Å². The molecule has 0 radical (unpaired) electrons. The Kier molecular flexibility index (Phi) is 4.62. The van der Waals surface area contributed by atoms with Gasteiger partial charge in [-0.2, -0.15) is 0 Å². The van der Waals surface area contributed by atoms with Gasteiger partial charge < -0.3 is 9.47 Å². The second-order valence-corrected chi connectivity index (χ2v) is 8.15. The molecule has 1 aromatic heterocycles. The predicted molar refractivity (Wildman–Crippen MR) is 107 cm³/mol. The minimum atomic E-state index is 0.0503. The summed E-state index contributed by atoms with van der Waals surface area (Å²) in [6.07, 6.45) is 5.76. The van der Waals surface area contributed by atoms with Crippen molar-refractivity contribution in [2.75, 3.05) is 18.0 Å². The molecule has 1 aromatic carbocycles. The molecule has 1 fully saturated rings. The van der Waals surface area contributed by atoms with E-state index < -0.39 is 0 Å². The van der Waals surface area contributed by atoms with Crippen LogP contribution < -0.4 is 10.5 Å². The highest BCUT2D eigenvalue weighted by Crippen LogP contribution is 2.33. The summed E-state index contributed by atoms with van der Waals surface area (Å²) in [5, 5.41) is 0. The van der Waals surface area contributed by atoms with E-state index in [1.807, 2.05) is 25.4 Å². The number of hydrogen-bond acceptors (Lipinski definition) is 3. The highest BCUT2D eigenvalue weighted by Gasteiger charge is 2.27. The molecule has 138 valence electrons. The van der Waals surface area contributed by atoms with Gasteiger partial charge in [0.2, 0.25) is 0 Å². The third kappa shape index (κ3) is 3.43. The van der Waals surface area contributed by atoms with E-state index in [1.165, 1.54) is 37.1 Å². The first-order valence-corrected chi connectivity index (χ1v) is 9.82. The van der Waals surface area contributed by atoms with Crippen LogP contribution in [0.25, 0.3) is 0 Å². The number of aryl methyl sites for hydroxylation is 1. The molecule has 1 aliphatic heterocycles. The average Bonchev–Trinajstić information content (AvgIpc) is 3.42. The Balaban J connectivity index is 1.67. The molecule has 4 nitrogen and oxygen atoms in total. The SMILES string of the molecule is CC(C)N(c1ccc2c(c1)CN(CC1CC1)CC2)c1cccn(C)c1=O. The molecule has 4 heteroatoms. The van der Waals surface area contributed by atoms with Gasteiger partial charge in [0.25, 0.3) is 5.56 Å². The Morgan fingerprint density at radius 1 is 1.19 bits per heavy atom. The van der Waals surface area contributed by atoms with Crippen LogP contribution in [0.4, 0.5) is 11.4 Å². The van der Waals surface area contributed by atoms with Crippen molar-refractivity contribution >= 4 is 11.4 Å². The van der Waals surface area contributed by atoms with Crippen molar-refractivity contribution in [2.24, 2.45) is 13.0 Å². The molecule has 0 atom stereocenters. The molecular formula is C22H29N3O. The summed E-state index contributed by atoms with van der Waals surface area (Å²) < 4.78 is 1.65. The van der Waals surface area contributed by atoms with Crippen molar-refractivity contribution in [1.82, 2.24) is 9.47 Å². The summed E-state index contributed by atoms with van der Waals surface area (Å²) in [5.41, 5.74) is 4.80. The quantitative estimate of drug-likeness (QED) is 0.822. The number of fused-ring (bicyclic) bond motifs is 1. The van der Waals surface area contributed by atoms with Gasteiger partial charge in [0.1, 0.15) is 5.69 Å². The molecular weight excluding hydrogens is 322 g/mol. The van der Waals surface area contributed by atoms with Crippen molar-refractivity contribution in [3.8, 4) is 0 Å². The third-order valence-corrected chi connectivity index (χ3v) is 5.65. The van der Waals surface area contributed by atoms with Crippen LogP contribution in [0.5, 0.6) is 0 Å². The Labute approximate surface area is 156 Å². The number of anilines is 2. The predicted octanol–water partition coefficient (Wildman–Crippen LogP) is 3.70. The molecule has 0 amide bonds. The van der Waals surface area contributed by atoms with Crippen LogP contribution in [-0.2, 0) is 20.0 Å². The van der Waals surface area contributed by atoms with E-state index in [2.05, 4.69) is 41.8 Å². The number of rotatable bonds is 5. The van der Waals surface area contributed by atoms with Gasteiger partial charge in [-0.15, -0.1) is 0 Å². The lowest BCUT2D eigenvalue weighted by Gasteiger charge is -2.32. The van der Waals surface area contributed by atoms with Crippen LogP contribution in [0, 0.1) is 5.92 Å². The lowest BCUT2D eigenvalue weighted by molar-refractivity contribution is 0.244. The van der Waals surface area contributed by atoms with E-state index in [4.69, 9.17) is 0 Å². The second kappa shape index (κ2) is 6.92. The molecule has 0 spiro atoms. The van der Waals surface area contributed by atoms with Crippen LogP contribution in [0.2, 0.25) is 0 Å². The van der Waals surface area contributed by atoms with Crippen LogP contribution in [-0.4, -0.2) is 28.6 Å². The summed E-state index contributed by atoms with van der Waals surface area (Å²) in [6, 6.07) is 10.8. The van der Waals surface area contributed by atoms with E-state index in [1.54, 1.807) is 4.57 Å². The van der Waals surface area contributed by atoms with Gasteiger partial charge in [-0.05, 0) is 74.4 Å². The highest BCUT2D eigenvalue weighted by molar-refractivity contribution is 5.64. The first-order valence-electron chi connectivity index (χ1n) is 9.82. The van der Waals surface area contributed by atoms with E-state index in [0.29, 0.717) is 0 Å². The normalized spacial score (nSPS) is 17.4. The Morgan fingerprint density at radius 2 is 2.00 bits per heavy atom. The first-order chi connectivity index (χ1) is 12.5. The van der Waals surface area contributed by atoms with E-state index in [9.17, 15) is 4.79 Å². The highest BCUT2D eigenvalue weighted by atomic mass is 16.1. The van der Waals surface area contributed by atoms with Gasteiger partial charge in [-0.3, -0.25) is 9.69 Å². The molecule has 0 N–H and O–H groups in total. The first kappa shape index (κ1) is 17.3. The maximum absolute atomic E-state index is 12.7.